The fraction of sp³-hybridized carbons (Fsp3) is 0.316. The van der Waals surface area contributed by atoms with Crippen molar-refractivity contribution >= 4 is 5.91 Å². The van der Waals surface area contributed by atoms with Crippen molar-refractivity contribution in [3.8, 4) is 17.2 Å². The molecule has 0 fully saturated rings. The molecule has 1 N–H and O–H groups in total. The van der Waals surface area contributed by atoms with Gasteiger partial charge in [0.25, 0.3) is 5.91 Å². The summed E-state index contributed by atoms with van der Waals surface area (Å²) >= 11 is 0. The molecule has 8 heteroatoms. The lowest BCUT2D eigenvalue weighted by atomic mass is 10.1. The summed E-state index contributed by atoms with van der Waals surface area (Å²) in [7, 11) is 1.55. The molecule has 146 valence electrons. The van der Waals surface area contributed by atoms with Crippen molar-refractivity contribution in [1.29, 1.82) is 0 Å². The molecule has 0 aromatic heterocycles. The molecule has 0 saturated heterocycles. The van der Waals surface area contributed by atoms with Crippen molar-refractivity contribution in [1.82, 2.24) is 5.32 Å². The summed E-state index contributed by atoms with van der Waals surface area (Å²) < 4.78 is 51.0. The fourth-order valence-corrected chi connectivity index (χ4v) is 2.28. The number of hydrogen-bond donors (Lipinski definition) is 1. The van der Waals surface area contributed by atoms with E-state index in [2.05, 4.69) is 10.1 Å². The number of alkyl halides is 3. The predicted octanol–water partition coefficient (Wildman–Crippen LogP) is 4.24. The minimum atomic E-state index is -4.74. The van der Waals surface area contributed by atoms with Crippen LogP contribution < -0.4 is 19.5 Å². The van der Waals surface area contributed by atoms with Gasteiger partial charge in [-0.25, -0.2) is 0 Å². The first-order valence-electron chi connectivity index (χ1n) is 8.14. The van der Waals surface area contributed by atoms with Gasteiger partial charge in [-0.15, -0.1) is 13.2 Å². The van der Waals surface area contributed by atoms with Crippen LogP contribution >= 0.6 is 0 Å². The molecule has 0 bridgehead atoms. The SMILES string of the molecule is COc1ccc(OC(C)C(=O)NC(C)c2ccc(OC(F)(F)F)cc2)cc1. The van der Waals surface area contributed by atoms with E-state index in [0.29, 0.717) is 17.1 Å². The molecule has 0 spiro atoms. The zero-order chi connectivity index (χ0) is 20.0. The van der Waals surface area contributed by atoms with Crippen molar-refractivity contribution in [3.05, 3.63) is 54.1 Å². The van der Waals surface area contributed by atoms with Gasteiger partial charge in [-0.1, -0.05) is 12.1 Å². The lowest BCUT2D eigenvalue weighted by Crippen LogP contribution is -2.37. The van der Waals surface area contributed by atoms with Gasteiger partial charge >= 0.3 is 6.36 Å². The summed E-state index contributed by atoms with van der Waals surface area (Å²) in [5, 5.41) is 2.75. The molecule has 2 aromatic carbocycles. The number of amides is 1. The van der Waals surface area contributed by atoms with Crippen LogP contribution in [0.4, 0.5) is 13.2 Å². The predicted molar refractivity (Wildman–Crippen MR) is 92.8 cm³/mol. The van der Waals surface area contributed by atoms with Crippen LogP contribution in [0.5, 0.6) is 17.2 Å². The van der Waals surface area contributed by atoms with E-state index >= 15 is 0 Å². The van der Waals surface area contributed by atoms with E-state index in [1.54, 1.807) is 45.2 Å². The number of rotatable bonds is 7. The summed E-state index contributed by atoms with van der Waals surface area (Å²) in [6.45, 7) is 3.32. The molecule has 2 aromatic rings. The topological polar surface area (TPSA) is 56.8 Å². The molecule has 2 rings (SSSR count). The van der Waals surface area contributed by atoms with Crippen molar-refractivity contribution in [2.75, 3.05) is 7.11 Å². The van der Waals surface area contributed by atoms with Crippen molar-refractivity contribution in [3.63, 3.8) is 0 Å². The molecule has 2 atom stereocenters. The smallest absolute Gasteiger partial charge is 0.497 e. The standard InChI is InChI=1S/C19H20F3NO4/c1-12(14-4-6-17(7-5-14)27-19(20,21)22)23-18(24)13(2)26-16-10-8-15(25-3)9-11-16/h4-13H,1-3H3,(H,23,24). The Bertz CT molecular complexity index is 745. The second-order valence-electron chi connectivity index (χ2n) is 5.78. The maximum atomic E-state index is 12.3. The number of methoxy groups -OCH3 is 1. The normalized spacial score (nSPS) is 13.4. The van der Waals surface area contributed by atoms with E-state index in [0.717, 1.165) is 0 Å². The molecule has 2 unspecified atom stereocenters. The third kappa shape index (κ3) is 6.40. The van der Waals surface area contributed by atoms with Crippen LogP contribution in [0.3, 0.4) is 0 Å². The summed E-state index contributed by atoms with van der Waals surface area (Å²) in [6.07, 6.45) is -5.50. The first kappa shape index (κ1) is 20.4. The Morgan fingerprint density at radius 2 is 1.44 bits per heavy atom. The molecule has 0 heterocycles. The van der Waals surface area contributed by atoms with E-state index in [4.69, 9.17) is 9.47 Å². The lowest BCUT2D eigenvalue weighted by molar-refractivity contribution is -0.274. The Morgan fingerprint density at radius 3 is 1.96 bits per heavy atom. The van der Waals surface area contributed by atoms with Crippen molar-refractivity contribution in [2.45, 2.75) is 32.4 Å². The molecule has 0 aliphatic rings. The number of carbonyl (C=O) groups is 1. The first-order valence-corrected chi connectivity index (χ1v) is 8.14. The summed E-state index contributed by atoms with van der Waals surface area (Å²) in [6, 6.07) is 11.7. The maximum absolute atomic E-state index is 12.3. The van der Waals surface area contributed by atoms with Crippen LogP contribution in [-0.4, -0.2) is 25.5 Å². The minimum Gasteiger partial charge on any atom is -0.497 e. The highest BCUT2D eigenvalue weighted by Crippen LogP contribution is 2.24. The zero-order valence-corrected chi connectivity index (χ0v) is 15.0. The number of hydrogen-bond acceptors (Lipinski definition) is 4. The van der Waals surface area contributed by atoms with E-state index in [1.165, 1.54) is 24.3 Å². The van der Waals surface area contributed by atoms with Crippen LogP contribution in [-0.2, 0) is 4.79 Å². The first-order chi connectivity index (χ1) is 12.7. The average Bonchev–Trinajstić information content (AvgIpc) is 2.61. The Hall–Kier alpha value is -2.90. The average molecular weight is 383 g/mol. The van der Waals surface area contributed by atoms with Crippen molar-refractivity contribution in [2.24, 2.45) is 0 Å². The lowest BCUT2D eigenvalue weighted by Gasteiger charge is -2.19. The molecular weight excluding hydrogens is 363 g/mol. The van der Waals surface area contributed by atoms with E-state index in [1.807, 2.05) is 0 Å². The zero-order valence-electron chi connectivity index (χ0n) is 15.0. The number of carbonyl (C=O) groups excluding carboxylic acids is 1. The summed E-state index contributed by atoms with van der Waals surface area (Å²) in [4.78, 5) is 12.3. The van der Waals surface area contributed by atoms with Crippen LogP contribution in [0.2, 0.25) is 0 Å². The van der Waals surface area contributed by atoms with E-state index in [-0.39, 0.29) is 11.7 Å². The van der Waals surface area contributed by atoms with Crippen LogP contribution in [0, 0.1) is 0 Å². The Balaban J connectivity index is 1.91. The number of ether oxygens (including phenoxy) is 3. The molecule has 0 saturated carbocycles. The third-order valence-electron chi connectivity index (χ3n) is 3.71. The van der Waals surface area contributed by atoms with E-state index < -0.39 is 18.5 Å². The summed E-state index contributed by atoms with van der Waals surface area (Å²) in [5.74, 6) is 0.515. The number of nitrogens with one attached hydrogen (secondary N) is 1. The maximum Gasteiger partial charge on any atom is 0.573 e. The molecule has 0 aliphatic carbocycles. The molecule has 0 radical (unpaired) electrons. The fourth-order valence-electron chi connectivity index (χ4n) is 2.28. The van der Waals surface area contributed by atoms with Gasteiger partial charge in [-0.05, 0) is 55.8 Å². The van der Waals surface area contributed by atoms with Gasteiger partial charge in [0.1, 0.15) is 17.2 Å². The van der Waals surface area contributed by atoms with Crippen LogP contribution in [0.1, 0.15) is 25.5 Å². The highest BCUT2D eigenvalue weighted by Gasteiger charge is 2.31. The quantitative estimate of drug-likeness (QED) is 0.777. The van der Waals surface area contributed by atoms with Gasteiger partial charge in [0.05, 0.1) is 13.2 Å². The second-order valence-corrected chi connectivity index (χ2v) is 5.78. The van der Waals surface area contributed by atoms with Crippen molar-refractivity contribution < 1.29 is 32.2 Å². The minimum absolute atomic E-state index is 0.319. The highest BCUT2D eigenvalue weighted by molar-refractivity contribution is 5.81. The largest absolute Gasteiger partial charge is 0.573 e. The molecule has 0 aliphatic heterocycles. The summed E-state index contributed by atoms with van der Waals surface area (Å²) in [5.41, 5.74) is 0.634. The van der Waals surface area contributed by atoms with E-state index in [9.17, 15) is 18.0 Å². The van der Waals surface area contributed by atoms with Crippen LogP contribution in [0.25, 0.3) is 0 Å². The molecule has 1 amide bonds. The molecule has 27 heavy (non-hydrogen) atoms. The van der Waals surface area contributed by atoms with Gasteiger partial charge in [0.2, 0.25) is 0 Å². The molecule has 5 nitrogen and oxygen atoms in total. The monoisotopic (exact) mass is 383 g/mol. The van der Waals surface area contributed by atoms with Gasteiger partial charge < -0.3 is 19.5 Å². The number of benzene rings is 2. The Labute approximate surface area is 155 Å². The van der Waals surface area contributed by atoms with Gasteiger partial charge in [-0.3, -0.25) is 4.79 Å². The Kier molecular flexibility index (Phi) is 6.55. The third-order valence-corrected chi connectivity index (χ3v) is 3.71. The number of halogens is 3. The van der Waals surface area contributed by atoms with Gasteiger partial charge in [-0.2, -0.15) is 0 Å². The van der Waals surface area contributed by atoms with Crippen LogP contribution in [0.15, 0.2) is 48.5 Å². The van der Waals surface area contributed by atoms with Gasteiger partial charge in [0, 0.05) is 0 Å². The Morgan fingerprint density at radius 1 is 0.926 bits per heavy atom. The highest BCUT2D eigenvalue weighted by atomic mass is 19.4. The van der Waals surface area contributed by atoms with Gasteiger partial charge in [0.15, 0.2) is 6.10 Å². The second kappa shape index (κ2) is 8.66. The molecular formula is C19H20F3NO4.